The summed E-state index contributed by atoms with van der Waals surface area (Å²) in [5.74, 6) is 0.441. The van der Waals surface area contributed by atoms with Crippen molar-refractivity contribution in [3.05, 3.63) is 24.3 Å². The summed E-state index contributed by atoms with van der Waals surface area (Å²) in [7, 11) is 3.41. The Morgan fingerprint density at radius 3 is 2.78 bits per heavy atom. The lowest BCUT2D eigenvalue weighted by Crippen LogP contribution is -2.28. The Hall–Kier alpha value is -1.59. The van der Waals surface area contributed by atoms with Crippen LogP contribution < -0.4 is 15.4 Å². The van der Waals surface area contributed by atoms with E-state index < -0.39 is 0 Å². The van der Waals surface area contributed by atoms with Crippen LogP contribution in [0.5, 0.6) is 5.75 Å². The Labute approximate surface area is 107 Å². The molecule has 0 heterocycles. The van der Waals surface area contributed by atoms with Crippen molar-refractivity contribution in [2.75, 3.05) is 32.6 Å². The van der Waals surface area contributed by atoms with E-state index in [1.54, 1.807) is 19.2 Å². The molecule has 0 aliphatic carbocycles. The zero-order valence-electron chi connectivity index (χ0n) is 11.0. The molecule has 0 saturated heterocycles. The van der Waals surface area contributed by atoms with E-state index in [0.717, 1.165) is 0 Å². The van der Waals surface area contributed by atoms with Crippen molar-refractivity contribution < 1.29 is 14.3 Å². The maximum absolute atomic E-state index is 11.7. The number of nitrogens with one attached hydrogen (secondary N) is 2. The highest BCUT2D eigenvalue weighted by molar-refractivity contribution is 5.93. The van der Waals surface area contributed by atoms with Crippen LogP contribution in [0.15, 0.2) is 24.3 Å². The largest absolute Gasteiger partial charge is 0.495 e. The number of rotatable bonds is 7. The Morgan fingerprint density at radius 1 is 1.39 bits per heavy atom. The molecular formula is C13H20N2O3. The lowest BCUT2D eigenvalue weighted by atomic mass is 10.3. The summed E-state index contributed by atoms with van der Waals surface area (Å²) < 4.78 is 10.5. The van der Waals surface area contributed by atoms with E-state index >= 15 is 0 Å². The number of ether oxygens (including phenoxy) is 2. The highest BCUT2D eigenvalue weighted by Crippen LogP contribution is 2.22. The van der Waals surface area contributed by atoms with Gasteiger partial charge in [0.15, 0.2) is 0 Å². The fourth-order valence-corrected chi connectivity index (χ4v) is 1.50. The molecule has 1 aromatic carbocycles. The van der Waals surface area contributed by atoms with Crippen LogP contribution in [0, 0.1) is 0 Å². The average Bonchev–Trinajstić information content (AvgIpc) is 2.37. The van der Waals surface area contributed by atoms with E-state index in [1.807, 2.05) is 26.1 Å². The van der Waals surface area contributed by atoms with Crippen molar-refractivity contribution in [2.45, 2.75) is 13.0 Å². The third-order valence-electron chi connectivity index (χ3n) is 2.37. The first-order chi connectivity index (χ1) is 8.67. The Morgan fingerprint density at radius 2 is 2.11 bits per heavy atom. The van der Waals surface area contributed by atoms with Crippen molar-refractivity contribution in [1.82, 2.24) is 5.32 Å². The summed E-state index contributed by atoms with van der Waals surface area (Å²) in [5, 5.41) is 5.73. The summed E-state index contributed by atoms with van der Waals surface area (Å²) in [6, 6.07) is 7.26. The van der Waals surface area contributed by atoms with Crippen LogP contribution in [0.25, 0.3) is 0 Å². The molecule has 1 unspecified atom stereocenters. The molecule has 1 rings (SSSR count). The predicted molar refractivity (Wildman–Crippen MR) is 71.0 cm³/mol. The molecule has 2 N–H and O–H groups in total. The van der Waals surface area contributed by atoms with Gasteiger partial charge in [0.25, 0.3) is 0 Å². The number of para-hydroxylation sites is 2. The third kappa shape index (κ3) is 4.73. The van der Waals surface area contributed by atoms with Gasteiger partial charge in [0, 0.05) is 6.54 Å². The highest BCUT2D eigenvalue weighted by Gasteiger charge is 2.08. The molecule has 0 aliphatic rings. The maximum Gasteiger partial charge on any atom is 0.250 e. The number of carbonyl (C=O) groups excluding carboxylic acids is 1. The van der Waals surface area contributed by atoms with Gasteiger partial charge in [0.05, 0.1) is 18.9 Å². The van der Waals surface area contributed by atoms with Crippen molar-refractivity contribution in [3.8, 4) is 5.75 Å². The number of carbonyl (C=O) groups is 1. The fraction of sp³-hybridized carbons (Fsp3) is 0.462. The van der Waals surface area contributed by atoms with E-state index in [-0.39, 0.29) is 18.6 Å². The van der Waals surface area contributed by atoms with Gasteiger partial charge in [-0.25, -0.2) is 0 Å². The lowest BCUT2D eigenvalue weighted by molar-refractivity contribution is -0.122. The monoisotopic (exact) mass is 252 g/mol. The van der Waals surface area contributed by atoms with Crippen molar-refractivity contribution in [1.29, 1.82) is 0 Å². The predicted octanol–water partition coefficient (Wildman–Crippen LogP) is 1.26. The second kappa shape index (κ2) is 7.68. The number of benzene rings is 1. The molecule has 1 amide bonds. The van der Waals surface area contributed by atoms with Crippen LogP contribution >= 0.6 is 0 Å². The van der Waals surface area contributed by atoms with E-state index in [4.69, 9.17) is 9.47 Å². The molecule has 0 radical (unpaired) electrons. The van der Waals surface area contributed by atoms with E-state index in [9.17, 15) is 4.79 Å². The van der Waals surface area contributed by atoms with Crippen LogP contribution in [-0.4, -0.2) is 39.3 Å². The number of hydrogen-bond acceptors (Lipinski definition) is 4. The summed E-state index contributed by atoms with van der Waals surface area (Å²) in [4.78, 5) is 11.7. The topological polar surface area (TPSA) is 59.6 Å². The fourth-order valence-electron chi connectivity index (χ4n) is 1.50. The SMILES string of the molecule is CNCC(C)OCC(=O)Nc1ccccc1OC. The average molecular weight is 252 g/mol. The van der Waals surface area contributed by atoms with Crippen LogP contribution in [0.3, 0.4) is 0 Å². The minimum atomic E-state index is -0.192. The standard InChI is InChI=1S/C13H20N2O3/c1-10(8-14-2)18-9-13(16)15-11-6-4-5-7-12(11)17-3/h4-7,10,14H,8-9H2,1-3H3,(H,15,16). The minimum Gasteiger partial charge on any atom is -0.495 e. The van der Waals surface area contributed by atoms with Crippen LogP contribution in [0.2, 0.25) is 0 Å². The number of amides is 1. The van der Waals surface area contributed by atoms with Gasteiger partial charge >= 0.3 is 0 Å². The molecule has 1 aromatic rings. The van der Waals surface area contributed by atoms with Gasteiger partial charge in [0.2, 0.25) is 5.91 Å². The molecule has 5 nitrogen and oxygen atoms in total. The Kier molecular flexibility index (Phi) is 6.18. The Bertz CT molecular complexity index is 382. The number of hydrogen-bond donors (Lipinski definition) is 2. The van der Waals surface area contributed by atoms with Gasteiger partial charge in [-0.1, -0.05) is 12.1 Å². The van der Waals surface area contributed by atoms with Crippen molar-refractivity contribution >= 4 is 11.6 Å². The number of methoxy groups -OCH3 is 1. The summed E-state index contributed by atoms with van der Waals surface area (Å²) in [6.07, 6.45) is -0.00146. The van der Waals surface area contributed by atoms with Crippen LogP contribution in [-0.2, 0) is 9.53 Å². The van der Waals surface area contributed by atoms with E-state index in [2.05, 4.69) is 10.6 Å². The second-order valence-corrected chi connectivity index (χ2v) is 3.93. The van der Waals surface area contributed by atoms with Crippen LogP contribution in [0.4, 0.5) is 5.69 Å². The summed E-state index contributed by atoms with van der Waals surface area (Å²) in [6.45, 7) is 2.65. The minimum absolute atomic E-state index is 0.00146. The van der Waals surface area contributed by atoms with Gasteiger partial charge in [0.1, 0.15) is 12.4 Å². The molecule has 0 bridgehead atoms. The van der Waals surface area contributed by atoms with E-state index in [0.29, 0.717) is 18.0 Å². The van der Waals surface area contributed by atoms with Crippen molar-refractivity contribution in [2.24, 2.45) is 0 Å². The molecule has 0 fully saturated rings. The maximum atomic E-state index is 11.7. The summed E-state index contributed by atoms with van der Waals surface area (Å²) in [5.41, 5.74) is 0.648. The molecule has 0 saturated carbocycles. The van der Waals surface area contributed by atoms with Crippen LogP contribution in [0.1, 0.15) is 6.92 Å². The first kappa shape index (κ1) is 14.5. The quantitative estimate of drug-likeness (QED) is 0.767. The number of anilines is 1. The van der Waals surface area contributed by atoms with Gasteiger partial charge in [-0.15, -0.1) is 0 Å². The van der Waals surface area contributed by atoms with Gasteiger partial charge in [-0.2, -0.15) is 0 Å². The van der Waals surface area contributed by atoms with Crippen molar-refractivity contribution in [3.63, 3.8) is 0 Å². The van der Waals surface area contributed by atoms with Gasteiger partial charge in [-0.3, -0.25) is 4.79 Å². The molecule has 0 aromatic heterocycles. The molecule has 18 heavy (non-hydrogen) atoms. The zero-order chi connectivity index (χ0) is 13.4. The molecule has 5 heteroatoms. The Balaban J connectivity index is 2.44. The van der Waals surface area contributed by atoms with E-state index in [1.165, 1.54) is 0 Å². The first-order valence-corrected chi connectivity index (χ1v) is 5.86. The number of likely N-dealkylation sites (N-methyl/N-ethyl adjacent to an activating group) is 1. The molecular weight excluding hydrogens is 232 g/mol. The molecule has 1 atom stereocenters. The first-order valence-electron chi connectivity index (χ1n) is 5.86. The zero-order valence-corrected chi connectivity index (χ0v) is 11.0. The smallest absolute Gasteiger partial charge is 0.250 e. The molecule has 0 aliphatic heterocycles. The molecule has 100 valence electrons. The summed E-state index contributed by atoms with van der Waals surface area (Å²) >= 11 is 0. The highest BCUT2D eigenvalue weighted by atomic mass is 16.5. The normalized spacial score (nSPS) is 11.9. The third-order valence-corrected chi connectivity index (χ3v) is 2.37. The second-order valence-electron chi connectivity index (χ2n) is 3.93. The molecule has 0 spiro atoms. The van der Waals surface area contributed by atoms with Gasteiger partial charge < -0.3 is 20.1 Å². The lowest BCUT2D eigenvalue weighted by Gasteiger charge is -2.13. The van der Waals surface area contributed by atoms with Gasteiger partial charge in [-0.05, 0) is 26.1 Å².